The third kappa shape index (κ3) is 3.28. The molecule has 3 rings (SSSR count). The van der Waals surface area contributed by atoms with Gasteiger partial charge < -0.3 is 14.6 Å². The number of likely N-dealkylation sites (tertiary alicyclic amines) is 1. The molecule has 0 bridgehead atoms. The highest BCUT2D eigenvalue weighted by Crippen LogP contribution is 2.32. The Morgan fingerprint density at radius 2 is 2.00 bits per heavy atom. The zero-order valence-electron chi connectivity index (χ0n) is 12.4. The van der Waals surface area contributed by atoms with Gasteiger partial charge in [-0.3, -0.25) is 9.59 Å². The van der Waals surface area contributed by atoms with E-state index in [2.05, 4.69) is 12.2 Å². The minimum Gasteiger partial charge on any atom is -0.472 e. The van der Waals surface area contributed by atoms with Crippen molar-refractivity contribution in [3.05, 3.63) is 24.2 Å². The van der Waals surface area contributed by atoms with E-state index in [1.165, 1.54) is 25.4 Å². The summed E-state index contributed by atoms with van der Waals surface area (Å²) in [5.74, 6) is 0.870. The molecule has 0 aromatic carbocycles. The molecule has 1 saturated heterocycles. The third-order valence-electron chi connectivity index (χ3n) is 4.62. The molecule has 1 aromatic rings. The molecule has 0 spiro atoms. The van der Waals surface area contributed by atoms with E-state index in [1.54, 1.807) is 11.0 Å². The number of carbonyl (C=O) groups excluding carboxylic acids is 2. The molecule has 0 radical (unpaired) electrons. The SMILES string of the molecule is C[C@H](NC(=O)C1CCN(C(=O)c2ccoc2)CC1)C1CC1. The summed E-state index contributed by atoms with van der Waals surface area (Å²) in [6, 6.07) is 1.97. The minimum absolute atomic E-state index is 0.00560. The fraction of sp³-hybridized carbons (Fsp3) is 0.625. The van der Waals surface area contributed by atoms with Gasteiger partial charge in [-0.2, -0.15) is 0 Å². The molecule has 2 fully saturated rings. The summed E-state index contributed by atoms with van der Waals surface area (Å²) in [6.45, 7) is 3.37. The first-order valence-corrected chi connectivity index (χ1v) is 7.77. The zero-order valence-corrected chi connectivity index (χ0v) is 12.4. The monoisotopic (exact) mass is 290 g/mol. The largest absolute Gasteiger partial charge is 0.472 e. The van der Waals surface area contributed by atoms with Crippen LogP contribution in [-0.2, 0) is 4.79 Å². The van der Waals surface area contributed by atoms with Crippen LogP contribution >= 0.6 is 0 Å². The lowest BCUT2D eigenvalue weighted by molar-refractivity contribution is -0.127. The summed E-state index contributed by atoms with van der Waals surface area (Å²) in [7, 11) is 0. The number of amides is 2. The van der Waals surface area contributed by atoms with Crippen molar-refractivity contribution in [1.29, 1.82) is 0 Å². The fourth-order valence-corrected chi connectivity index (χ4v) is 2.97. The second-order valence-electron chi connectivity index (χ2n) is 6.21. The van der Waals surface area contributed by atoms with E-state index in [0.29, 0.717) is 30.6 Å². The minimum atomic E-state index is -0.00560. The zero-order chi connectivity index (χ0) is 14.8. The quantitative estimate of drug-likeness (QED) is 0.923. The molecule has 2 aliphatic rings. The molecule has 5 nitrogen and oxygen atoms in total. The van der Waals surface area contributed by atoms with Crippen LogP contribution in [-0.4, -0.2) is 35.8 Å². The molecule has 1 aliphatic heterocycles. The molecule has 2 heterocycles. The molecule has 1 aromatic heterocycles. The highest BCUT2D eigenvalue weighted by molar-refractivity contribution is 5.94. The lowest BCUT2D eigenvalue weighted by atomic mass is 9.95. The predicted molar refractivity (Wildman–Crippen MR) is 77.7 cm³/mol. The number of nitrogens with one attached hydrogen (secondary N) is 1. The molecule has 1 atom stereocenters. The fourth-order valence-electron chi connectivity index (χ4n) is 2.97. The summed E-state index contributed by atoms with van der Waals surface area (Å²) in [4.78, 5) is 26.2. The average Bonchev–Trinajstić information content (AvgIpc) is 3.22. The maximum absolute atomic E-state index is 12.2. The summed E-state index contributed by atoms with van der Waals surface area (Å²) in [5, 5.41) is 3.13. The summed E-state index contributed by atoms with van der Waals surface area (Å²) < 4.78 is 4.95. The Balaban J connectivity index is 1.48. The van der Waals surface area contributed by atoms with E-state index in [1.807, 2.05) is 0 Å². The van der Waals surface area contributed by atoms with E-state index in [9.17, 15) is 9.59 Å². The Hall–Kier alpha value is -1.78. The van der Waals surface area contributed by atoms with Crippen LogP contribution in [0, 0.1) is 11.8 Å². The third-order valence-corrected chi connectivity index (χ3v) is 4.62. The Kier molecular flexibility index (Phi) is 3.99. The molecule has 114 valence electrons. The van der Waals surface area contributed by atoms with Gasteiger partial charge in [-0.15, -0.1) is 0 Å². The molecule has 1 N–H and O–H groups in total. The normalized spacial score (nSPS) is 21.1. The number of hydrogen-bond acceptors (Lipinski definition) is 3. The van der Waals surface area contributed by atoms with Crippen LogP contribution in [0.15, 0.2) is 23.0 Å². The summed E-state index contributed by atoms with van der Waals surface area (Å²) in [6.07, 6.45) is 6.93. The first-order chi connectivity index (χ1) is 10.1. The van der Waals surface area contributed by atoms with Crippen LogP contribution in [0.4, 0.5) is 0 Å². The first-order valence-electron chi connectivity index (χ1n) is 7.77. The van der Waals surface area contributed by atoms with E-state index in [4.69, 9.17) is 4.42 Å². The highest BCUT2D eigenvalue weighted by Gasteiger charge is 2.32. The lowest BCUT2D eigenvalue weighted by Gasteiger charge is -2.31. The molecule has 21 heavy (non-hydrogen) atoms. The van der Waals surface area contributed by atoms with Gasteiger partial charge in [-0.05, 0) is 44.6 Å². The van der Waals surface area contributed by atoms with Crippen molar-refractivity contribution < 1.29 is 14.0 Å². The molecule has 1 saturated carbocycles. The van der Waals surface area contributed by atoms with Gasteiger partial charge in [0.25, 0.3) is 5.91 Å². The van der Waals surface area contributed by atoms with Crippen molar-refractivity contribution in [2.45, 2.75) is 38.6 Å². The van der Waals surface area contributed by atoms with Crippen molar-refractivity contribution in [3.8, 4) is 0 Å². The number of carbonyl (C=O) groups is 2. The molecular weight excluding hydrogens is 268 g/mol. The van der Waals surface area contributed by atoms with Crippen LogP contribution in [0.2, 0.25) is 0 Å². The van der Waals surface area contributed by atoms with Gasteiger partial charge in [0.15, 0.2) is 0 Å². The van der Waals surface area contributed by atoms with Gasteiger partial charge in [0.1, 0.15) is 6.26 Å². The van der Waals surface area contributed by atoms with E-state index < -0.39 is 0 Å². The molecule has 1 aliphatic carbocycles. The van der Waals surface area contributed by atoms with Gasteiger partial charge in [0, 0.05) is 25.0 Å². The van der Waals surface area contributed by atoms with Gasteiger partial charge in [0.2, 0.25) is 5.91 Å². The van der Waals surface area contributed by atoms with Gasteiger partial charge in [0.05, 0.1) is 11.8 Å². The Morgan fingerprint density at radius 1 is 1.29 bits per heavy atom. The first kappa shape index (κ1) is 14.2. The number of piperidine rings is 1. The summed E-state index contributed by atoms with van der Waals surface area (Å²) >= 11 is 0. The van der Waals surface area contributed by atoms with Crippen LogP contribution in [0.3, 0.4) is 0 Å². The van der Waals surface area contributed by atoms with Crippen LogP contribution < -0.4 is 5.32 Å². The van der Waals surface area contributed by atoms with Gasteiger partial charge in [-0.25, -0.2) is 0 Å². The van der Waals surface area contributed by atoms with Crippen molar-refractivity contribution in [1.82, 2.24) is 10.2 Å². The Bertz CT molecular complexity index is 500. The maximum atomic E-state index is 12.2. The van der Waals surface area contributed by atoms with Crippen LogP contribution in [0.1, 0.15) is 43.0 Å². The molecule has 2 amide bonds. The van der Waals surface area contributed by atoms with Crippen LogP contribution in [0.25, 0.3) is 0 Å². The second-order valence-corrected chi connectivity index (χ2v) is 6.21. The van der Waals surface area contributed by atoms with Crippen molar-refractivity contribution in [2.24, 2.45) is 11.8 Å². The topological polar surface area (TPSA) is 62.6 Å². The average molecular weight is 290 g/mol. The second kappa shape index (κ2) is 5.92. The predicted octanol–water partition coefficient (Wildman–Crippen LogP) is 2.05. The van der Waals surface area contributed by atoms with Gasteiger partial charge >= 0.3 is 0 Å². The standard InChI is InChI=1S/C16H22N2O3/c1-11(12-2-3-12)17-15(19)13-4-7-18(8-5-13)16(20)14-6-9-21-10-14/h6,9-13H,2-5,7-8H2,1H3,(H,17,19)/t11-/m0/s1. The van der Waals surface area contributed by atoms with Crippen molar-refractivity contribution in [2.75, 3.05) is 13.1 Å². The molecule has 0 unspecified atom stereocenters. The van der Waals surface area contributed by atoms with E-state index in [0.717, 1.165) is 12.8 Å². The van der Waals surface area contributed by atoms with E-state index in [-0.39, 0.29) is 17.7 Å². The highest BCUT2D eigenvalue weighted by atomic mass is 16.3. The van der Waals surface area contributed by atoms with Crippen LogP contribution in [0.5, 0.6) is 0 Å². The van der Waals surface area contributed by atoms with Crippen molar-refractivity contribution in [3.63, 3.8) is 0 Å². The number of furan rings is 1. The Morgan fingerprint density at radius 3 is 2.57 bits per heavy atom. The number of rotatable bonds is 4. The number of nitrogens with zero attached hydrogens (tertiary/aromatic N) is 1. The lowest BCUT2D eigenvalue weighted by Crippen LogP contribution is -2.45. The summed E-state index contributed by atoms with van der Waals surface area (Å²) in [5.41, 5.74) is 0.584. The number of hydrogen-bond donors (Lipinski definition) is 1. The molecule has 5 heteroatoms. The maximum Gasteiger partial charge on any atom is 0.257 e. The Labute approximate surface area is 124 Å². The van der Waals surface area contributed by atoms with Gasteiger partial charge in [-0.1, -0.05) is 0 Å². The van der Waals surface area contributed by atoms with Crippen molar-refractivity contribution >= 4 is 11.8 Å². The smallest absolute Gasteiger partial charge is 0.257 e. The molecular formula is C16H22N2O3. The van der Waals surface area contributed by atoms with E-state index >= 15 is 0 Å².